The van der Waals surface area contributed by atoms with Gasteiger partial charge in [0.2, 0.25) is 5.91 Å². The average Bonchev–Trinajstić information content (AvgIpc) is 3.44. The van der Waals surface area contributed by atoms with Crippen molar-refractivity contribution in [1.29, 1.82) is 0 Å². The Bertz CT molecular complexity index is 1160. The number of thioether (sulfide) groups is 1. The third-order valence-corrected chi connectivity index (χ3v) is 6.54. The summed E-state index contributed by atoms with van der Waals surface area (Å²) in [6, 6.07) is 13.7. The molecular weight excluding hydrogens is 424 g/mol. The normalized spacial score (nSPS) is 16.4. The minimum absolute atomic E-state index is 0.0752. The maximum atomic E-state index is 12.5. The molecule has 0 fully saturated rings. The number of amides is 1. The molecule has 1 unspecified atom stereocenters. The number of aryl methyl sites for hydroxylation is 2. The van der Waals surface area contributed by atoms with Gasteiger partial charge in [-0.1, -0.05) is 36.0 Å². The fourth-order valence-corrected chi connectivity index (χ4v) is 4.82. The van der Waals surface area contributed by atoms with Crippen molar-refractivity contribution in [2.24, 2.45) is 0 Å². The van der Waals surface area contributed by atoms with Crippen molar-refractivity contribution in [1.82, 2.24) is 14.8 Å². The van der Waals surface area contributed by atoms with Gasteiger partial charge in [0.1, 0.15) is 6.61 Å². The van der Waals surface area contributed by atoms with Crippen molar-refractivity contribution in [3.63, 3.8) is 0 Å². The second-order valence-corrected chi connectivity index (χ2v) is 8.72. The summed E-state index contributed by atoms with van der Waals surface area (Å²) in [6.45, 7) is 4.70. The second kappa shape index (κ2) is 9.08. The minimum atomic E-state index is -0.382. The third-order valence-electron chi connectivity index (χ3n) is 5.57. The maximum absolute atomic E-state index is 12.5. The number of nitrogens with one attached hydrogen (secondary N) is 1. The van der Waals surface area contributed by atoms with Crippen LogP contribution in [0.5, 0.6) is 11.5 Å². The highest BCUT2D eigenvalue weighted by atomic mass is 32.2. The van der Waals surface area contributed by atoms with Crippen LogP contribution in [0, 0.1) is 0 Å². The Balaban J connectivity index is 1.26. The molecule has 164 valence electrons. The maximum Gasteiger partial charge on any atom is 0.234 e. The molecule has 2 heterocycles. The fraction of sp³-hybridized carbons (Fsp3) is 0.292. The highest BCUT2D eigenvalue weighted by Gasteiger charge is 2.28. The van der Waals surface area contributed by atoms with E-state index >= 15 is 0 Å². The number of ether oxygens (including phenoxy) is 2. The van der Waals surface area contributed by atoms with Crippen LogP contribution in [-0.2, 0) is 24.2 Å². The van der Waals surface area contributed by atoms with Gasteiger partial charge in [-0.2, -0.15) is 0 Å². The lowest BCUT2D eigenvalue weighted by molar-refractivity contribution is -0.113. The fourth-order valence-electron chi connectivity index (χ4n) is 4.07. The second-order valence-electron chi connectivity index (χ2n) is 7.78. The molecule has 1 amide bonds. The summed E-state index contributed by atoms with van der Waals surface area (Å²) in [7, 11) is 0. The van der Waals surface area contributed by atoms with Crippen LogP contribution in [0.25, 0.3) is 0 Å². The number of carbonyl (C=O) groups is 1. The van der Waals surface area contributed by atoms with E-state index in [4.69, 9.17) is 9.47 Å². The zero-order chi connectivity index (χ0) is 21.9. The molecule has 2 aromatic carbocycles. The molecule has 0 saturated carbocycles. The molecule has 7 nitrogen and oxygen atoms in total. The topological polar surface area (TPSA) is 78.3 Å². The van der Waals surface area contributed by atoms with E-state index in [1.807, 2.05) is 34.9 Å². The van der Waals surface area contributed by atoms with Gasteiger partial charge < -0.3 is 14.8 Å². The SMILES string of the molecule is C=CCn1c(SCC(=O)Nc2ccc3c(c2)CCC3)nnc1C1COc2ccccc2O1. The van der Waals surface area contributed by atoms with Crippen molar-refractivity contribution in [3.8, 4) is 11.5 Å². The highest BCUT2D eigenvalue weighted by Crippen LogP contribution is 2.36. The Morgan fingerprint density at radius 3 is 2.91 bits per heavy atom. The zero-order valence-corrected chi connectivity index (χ0v) is 18.4. The molecule has 1 aromatic heterocycles. The van der Waals surface area contributed by atoms with Crippen LogP contribution in [0.1, 0.15) is 29.5 Å². The number of hydrogen-bond donors (Lipinski definition) is 1. The predicted molar refractivity (Wildman–Crippen MR) is 123 cm³/mol. The van der Waals surface area contributed by atoms with E-state index in [-0.39, 0.29) is 17.8 Å². The van der Waals surface area contributed by atoms with Crippen LogP contribution >= 0.6 is 11.8 Å². The van der Waals surface area contributed by atoms with Crippen molar-refractivity contribution in [2.45, 2.75) is 37.1 Å². The Kier molecular flexibility index (Phi) is 5.85. The number of rotatable bonds is 7. The van der Waals surface area contributed by atoms with Crippen molar-refractivity contribution < 1.29 is 14.3 Å². The van der Waals surface area contributed by atoms with Crippen LogP contribution in [-0.4, -0.2) is 33.0 Å². The molecule has 3 aromatic rings. The summed E-state index contributed by atoms with van der Waals surface area (Å²) in [5.74, 6) is 2.21. The number of hydrogen-bond acceptors (Lipinski definition) is 6. The smallest absolute Gasteiger partial charge is 0.234 e. The Morgan fingerprint density at radius 1 is 1.19 bits per heavy atom. The van der Waals surface area contributed by atoms with Crippen molar-refractivity contribution in [3.05, 3.63) is 72.1 Å². The molecule has 0 radical (unpaired) electrons. The lowest BCUT2D eigenvalue weighted by atomic mass is 10.1. The Morgan fingerprint density at radius 2 is 2.03 bits per heavy atom. The van der Waals surface area contributed by atoms with Gasteiger partial charge in [-0.15, -0.1) is 16.8 Å². The van der Waals surface area contributed by atoms with Crippen LogP contribution in [0.3, 0.4) is 0 Å². The van der Waals surface area contributed by atoms with Gasteiger partial charge in [0.25, 0.3) is 0 Å². The van der Waals surface area contributed by atoms with E-state index in [1.54, 1.807) is 6.08 Å². The zero-order valence-electron chi connectivity index (χ0n) is 17.6. The first kappa shape index (κ1) is 20.6. The number of benzene rings is 2. The number of nitrogens with zero attached hydrogens (tertiary/aromatic N) is 3. The Hall–Kier alpha value is -3.26. The van der Waals surface area contributed by atoms with E-state index in [9.17, 15) is 4.79 Å². The van der Waals surface area contributed by atoms with Gasteiger partial charge in [-0.3, -0.25) is 9.36 Å². The first-order valence-electron chi connectivity index (χ1n) is 10.7. The number of anilines is 1. The summed E-state index contributed by atoms with van der Waals surface area (Å²) in [4.78, 5) is 12.5. The number of fused-ring (bicyclic) bond motifs is 2. The van der Waals surface area contributed by atoms with E-state index in [1.165, 1.54) is 29.3 Å². The summed E-state index contributed by atoms with van der Waals surface area (Å²) in [6.07, 6.45) is 4.79. The van der Waals surface area contributed by atoms with Crippen LogP contribution in [0.15, 0.2) is 60.3 Å². The molecule has 2 aliphatic rings. The summed E-state index contributed by atoms with van der Waals surface area (Å²) >= 11 is 1.34. The number of para-hydroxylation sites is 2. The first-order valence-corrected chi connectivity index (χ1v) is 11.7. The quantitative estimate of drug-likeness (QED) is 0.431. The number of aromatic nitrogens is 3. The molecule has 8 heteroatoms. The monoisotopic (exact) mass is 448 g/mol. The summed E-state index contributed by atoms with van der Waals surface area (Å²) in [5, 5.41) is 12.3. The number of carbonyl (C=O) groups excluding carboxylic acids is 1. The highest BCUT2D eigenvalue weighted by molar-refractivity contribution is 7.99. The van der Waals surface area contributed by atoms with Crippen LogP contribution in [0.4, 0.5) is 5.69 Å². The lowest BCUT2D eigenvalue weighted by Gasteiger charge is -2.26. The molecule has 0 bridgehead atoms. The van der Waals surface area contributed by atoms with E-state index in [2.05, 4.69) is 34.2 Å². The molecule has 0 saturated heterocycles. The predicted octanol–water partition coefficient (Wildman–Crippen LogP) is 4.20. The minimum Gasteiger partial charge on any atom is -0.485 e. The van der Waals surface area contributed by atoms with Gasteiger partial charge >= 0.3 is 0 Å². The van der Waals surface area contributed by atoms with Gasteiger partial charge in [0.05, 0.1) is 5.75 Å². The largest absolute Gasteiger partial charge is 0.485 e. The molecule has 5 rings (SSSR count). The van der Waals surface area contributed by atoms with Gasteiger partial charge in [0, 0.05) is 12.2 Å². The summed E-state index contributed by atoms with van der Waals surface area (Å²) < 4.78 is 13.8. The van der Waals surface area contributed by atoms with E-state index in [0.29, 0.717) is 29.9 Å². The molecule has 1 atom stereocenters. The summed E-state index contributed by atoms with van der Waals surface area (Å²) in [5.41, 5.74) is 3.57. The van der Waals surface area contributed by atoms with E-state index in [0.717, 1.165) is 24.3 Å². The van der Waals surface area contributed by atoms with E-state index < -0.39 is 0 Å². The van der Waals surface area contributed by atoms with Gasteiger partial charge in [-0.25, -0.2) is 0 Å². The third kappa shape index (κ3) is 4.23. The lowest BCUT2D eigenvalue weighted by Crippen LogP contribution is -2.25. The van der Waals surface area contributed by atoms with Crippen molar-refractivity contribution in [2.75, 3.05) is 17.7 Å². The van der Waals surface area contributed by atoms with Crippen LogP contribution < -0.4 is 14.8 Å². The standard InChI is InChI=1S/C24H24N4O3S/c1-2-12-28-23(21-14-30-19-8-3-4-9-20(19)31-21)26-27-24(28)32-15-22(29)25-18-11-10-16-6-5-7-17(16)13-18/h2-4,8-11,13,21H,1,5-7,12,14-15H2,(H,25,29). The first-order chi connectivity index (χ1) is 15.7. The molecule has 0 spiro atoms. The molecule has 1 N–H and O–H groups in total. The Labute approximate surface area is 190 Å². The van der Waals surface area contributed by atoms with Gasteiger partial charge in [-0.05, 0) is 54.7 Å². The molecular formula is C24H24N4O3S. The van der Waals surface area contributed by atoms with Crippen LogP contribution in [0.2, 0.25) is 0 Å². The van der Waals surface area contributed by atoms with Gasteiger partial charge in [0.15, 0.2) is 28.6 Å². The van der Waals surface area contributed by atoms with Crippen molar-refractivity contribution >= 4 is 23.4 Å². The molecule has 32 heavy (non-hydrogen) atoms. The average molecular weight is 449 g/mol. The molecule has 1 aliphatic carbocycles. The number of allylic oxidation sites excluding steroid dienone is 1. The molecule has 1 aliphatic heterocycles.